The number of allylic oxidation sites excluding steroid dienone is 2. The molecule has 0 aromatic carbocycles. The molecule has 4 rings (SSSR count). The van der Waals surface area contributed by atoms with E-state index in [-0.39, 0.29) is 17.4 Å². The number of carbonyl (C=O) groups excluding carboxylic acids is 2. The quantitative estimate of drug-likeness (QED) is 0.247. The molecule has 0 atom stereocenters. The number of aromatic nitrogens is 6. The van der Waals surface area contributed by atoms with Crippen LogP contribution in [0.25, 0.3) is 39.3 Å². The average Bonchev–Trinajstić information content (AvgIpc) is 3.40. The molecule has 0 fully saturated rings. The van der Waals surface area contributed by atoms with Gasteiger partial charge in [0.1, 0.15) is 5.69 Å². The van der Waals surface area contributed by atoms with Gasteiger partial charge in [0.25, 0.3) is 5.91 Å². The van der Waals surface area contributed by atoms with Gasteiger partial charge in [-0.2, -0.15) is 5.10 Å². The molecule has 0 saturated heterocycles. The Morgan fingerprint density at radius 2 is 1.94 bits per heavy atom. The first-order valence-electron chi connectivity index (χ1n) is 10.6. The predicted molar refractivity (Wildman–Crippen MR) is 130 cm³/mol. The summed E-state index contributed by atoms with van der Waals surface area (Å²) < 4.78 is 0. The van der Waals surface area contributed by atoms with E-state index in [4.69, 9.17) is 5.73 Å². The summed E-state index contributed by atoms with van der Waals surface area (Å²) >= 11 is 0. The summed E-state index contributed by atoms with van der Waals surface area (Å²) in [6.07, 6.45) is 8.00. The van der Waals surface area contributed by atoms with E-state index < -0.39 is 5.91 Å². The van der Waals surface area contributed by atoms with Gasteiger partial charge in [0.2, 0.25) is 5.91 Å². The molecule has 0 aliphatic carbocycles. The van der Waals surface area contributed by atoms with Crippen molar-refractivity contribution in [3.63, 3.8) is 0 Å². The molecule has 0 aliphatic rings. The zero-order valence-electron chi connectivity index (χ0n) is 19.0. The van der Waals surface area contributed by atoms with Crippen molar-refractivity contribution >= 4 is 34.1 Å². The van der Waals surface area contributed by atoms with Gasteiger partial charge >= 0.3 is 0 Å². The Bertz CT molecular complexity index is 1440. The number of nitrogens with two attached hydrogens (primary N) is 1. The first-order chi connectivity index (χ1) is 16.3. The largest absolute Gasteiger partial charge is 0.366 e. The summed E-state index contributed by atoms with van der Waals surface area (Å²) in [6.45, 7) is 9.08. The third-order valence-corrected chi connectivity index (χ3v) is 5.20. The number of aromatic amines is 2. The summed E-state index contributed by atoms with van der Waals surface area (Å²) in [6, 6.07) is 3.75. The van der Waals surface area contributed by atoms with E-state index in [1.165, 1.54) is 12.2 Å². The molecule has 2 amide bonds. The lowest BCUT2D eigenvalue weighted by Crippen LogP contribution is -2.17. The van der Waals surface area contributed by atoms with E-state index >= 15 is 0 Å². The van der Waals surface area contributed by atoms with Gasteiger partial charge in [-0.3, -0.25) is 19.7 Å². The van der Waals surface area contributed by atoms with Crippen molar-refractivity contribution in [1.82, 2.24) is 30.1 Å². The normalized spacial score (nSPS) is 11.7. The topological polar surface area (TPSA) is 155 Å². The fourth-order valence-electron chi connectivity index (χ4n) is 3.43. The van der Waals surface area contributed by atoms with Crippen LogP contribution >= 0.6 is 0 Å². The molecule has 0 aliphatic heterocycles. The smallest absolute Gasteiger partial charge is 0.250 e. The molecule has 10 heteroatoms. The molecular weight excluding hydrogens is 432 g/mol. The average molecular weight is 457 g/mol. The molecule has 0 bridgehead atoms. The second-order valence-corrected chi connectivity index (χ2v) is 8.04. The second-order valence-electron chi connectivity index (χ2n) is 8.04. The Hall–Kier alpha value is -4.60. The van der Waals surface area contributed by atoms with E-state index in [9.17, 15) is 9.59 Å². The van der Waals surface area contributed by atoms with Crippen molar-refractivity contribution < 1.29 is 9.59 Å². The first-order valence-corrected chi connectivity index (χ1v) is 10.6. The van der Waals surface area contributed by atoms with Gasteiger partial charge < -0.3 is 16.0 Å². The monoisotopic (exact) mass is 456 g/mol. The molecule has 0 unspecified atom stereocenters. The summed E-state index contributed by atoms with van der Waals surface area (Å²) in [7, 11) is 0. The zero-order chi connectivity index (χ0) is 24.4. The van der Waals surface area contributed by atoms with Crippen molar-refractivity contribution in [2.24, 2.45) is 11.7 Å². The molecule has 172 valence electrons. The number of amides is 2. The molecule has 10 nitrogen and oxygen atoms in total. The number of pyridine rings is 2. The Balaban J connectivity index is 1.75. The van der Waals surface area contributed by atoms with Crippen LogP contribution in [0.2, 0.25) is 0 Å². The van der Waals surface area contributed by atoms with E-state index in [0.29, 0.717) is 34.2 Å². The maximum atomic E-state index is 12.0. The number of rotatable bonds is 7. The number of anilines is 1. The molecule has 4 aromatic heterocycles. The zero-order valence-corrected chi connectivity index (χ0v) is 19.0. The fraction of sp³-hybridized carbons (Fsp3) is 0.167. The molecule has 0 saturated carbocycles. The van der Waals surface area contributed by atoms with Gasteiger partial charge in [0.05, 0.1) is 28.5 Å². The van der Waals surface area contributed by atoms with Crippen molar-refractivity contribution in [2.45, 2.75) is 20.8 Å². The lowest BCUT2D eigenvalue weighted by atomic mass is 10.1. The van der Waals surface area contributed by atoms with E-state index in [0.717, 1.165) is 16.5 Å². The Morgan fingerprint density at radius 3 is 2.65 bits per heavy atom. The van der Waals surface area contributed by atoms with Crippen LogP contribution in [-0.4, -0.2) is 41.9 Å². The number of hydrogen-bond donors (Lipinski definition) is 4. The van der Waals surface area contributed by atoms with Gasteiger partial charge in [-0.05, 0) is 25.1 Å². The third kappa shape index (κ3) is 4.33. The van der Waals surface area contributed by atoms with Crippen LogP contribution in [-0.2, 0) is 9.59 Å². The fourth-order valence-corrected chi connectivity index (χ4v) is 3.43. The number of nitrogens with zero attached hydrogens (tertiary/aromatic N) is 4. The first kappa shape index (κ1) is 22.6. The minimum Gasteiger partial charge on any atom is -0.366 e. The minimum absolute atomic E-state index is 0.0884. The molecule has 34 heavy (non-hydrogen) atoms. The number of carbonyl (C=O) groups is 2. The van der Waals surface area contributed by atoms with Crippen LogP contribution in [0.5, 0.6) is 0 Å². The highest BCUT2D eigenvalue weighted by molar-refractivity contribution is 6.18. The van der Waals surface area contributed by atoms with E-state index in [1.807, 2.05) is 26.0 Å². The number of hydrogen-bond acceptors (Lipinski definition) is 6. The predicted octanol–water partition coefficient (Wildman–Crippen LogP) is 3.37. The molecule has 4 heterocycles. The van der Waals surface area contributed by atoms with Crippen LogP contribution in [0, 0.1) is 12.8 Å². The number of primary amides is 1. The summed E-state index contributed by atoms with van der Waals surface area (Å²) in [4.78, 5) is 40.4. The number of imidazole rings is 1. The summed E-state index contributed by atoms with van der Waals surface area (Å²) in [5.74, 6) is -0.347. The van der Waals surface area contributed by atoms with Crippen LogP contribution in [0.4, 0.5) is 5.69 Å². The standard InChI is InChI=1S/C24H24N8O2/c1-5-6-17(21(25)33)19-13(4)28-23(30-19)20-18-8-15(10-27-22(18)32-31-20)14-7-16(11-26-9-14)29-24(34)12(2)3/h5-12H,1H2,2-4H3,(H2,25,33)(H,28,30)(H,29,34)(H,27,31,32)/b17-6+. The molecular formula is C24H24N8O2. The highest BCUT2D eigenvalue weighted by atomic mass is 16.2. The van der Waals surface area contributed by atoms with E-state index in [1.54, 1.807) is 25.5 Å². The number of nitrogens with one attached hydrogen (secondary N) is 3. The molecule has 0 radical (unpaired) electrons. The van der Waals surface area contributed by atoms with Gasteiger partial charge in [-0.1, -0.05) is 26.5 Å². The van der Waals surface area contributed by atoms with Crippen LogP contribution in [0.15, 0.2) is 49.5 Å². The summed E-state index contributed by atoms with van der Waals surface area (Å²) in [5.41, 5.74) is 10.2. The van der Waals surface area contributed by atoms with Crippen molar-refractivity contribution in [1.29, 1.82) is 0 Å². The molecule has 4 aromatic rings. The van der Waals surface area contributed by atoms with Crippen molar-refractivity contribution in [2.75, 3.05) is 5.32 Å². The van der Waals surface area contributed by atoms with Crippen molar-refractivity contribution in [3.8, 4) is 22.6 Å². The number of aryl methyl sites for hydroxylation is 1. The highest BCUT2D eigenvalue weighted by Crippen LogP contribution is 2.30. The Labute approximate surface area is 195 Å². The SMILES string of the molecule is C=C/C=C(/C(N)=O)c1nc(-c2[nH]nc3ncc(-c4cncc(NC(=O)C(C)C)c4)cc23)[nH]c1C. The van der Waals surface area contributed by atoms with E-state index in [2.05, 4.69) is 42.0 Å². The summed E-state index contributed by atoms with van der Waals surface area (Å²) in [5, 5.41) is 10.8. The molecule has 5 N–H and O–H groups in total. The number of fused-ring (bicyclic) bond motifs is 1. The van der Waals surface area contributed by atoms with Gasteiger partial charge in [0, 0.05) is 35.1 Å². The Kier molecular flexibility index (Phi) is 6.05. The maximum absolute atomic E-state index is 12.0. The lowest BCUT2D eigenvalue weighted by Gasteiger charge is -2.09. The second kappa shape index (κ2) is 9.10. The molecule has 0 spiro atoms. The van der Waals surface area contributed by atoms with Gasteiger partial charge in [0.15, 0.2) is 11.5 Å². The van der Waals surface area contributed by atoms with Crippen molar-refractivity contribution in [3.05, 3.63) is 60.8 Å². The Morgan fingerprint density at radius 1 is 1.18 bits per heavy atom. The number of H-pyrrole nitrogens is 2. The lowest BCUT2D eigenvalue weighted by molar-refractivity contribution is -0.119. The maximum Gasteiger partial charge on any atom is 0.250 e. The van der Waals surface area contributed by atoms with Crippen LogP contribution < -0.4 is 11.1 Å². The van der Waals surface area contributed by atoms with Gasteiger partial charge in [-0.25, -0.2) is 9.97 Å². The highest BCUT2D eigenvalue weighted by Gasteiger charge is 2.19. The minimum atomic E-state index is -0.601. The van der Waals surface area contributed by atoms with Gasteiger partial charge in [-0.15, -0.1) is 0 Å². The third-order valence-electron chi connectivity index (χ3n) is 5.20. The van der Waals surface area contributed by atoms with Crippen LogP contribution in [0.3, 0.4) is 0 Å². The van der Waals surface area contributed by atoms with Crippen LogP contribution in [0.1, 0.15) is 25.2 Å².